The van der Waals surface area contributed by atoms with Crippen molar-refractivity contribution in [1.82, 2.24) is 4.90 Å². The van der Waals surface area contributed by atoms with Crippen molar-refractivity contribution < 1.29 is 39.5 Å². The molecule has 0 bridgehead atoms. The quantitative estimate of drug-likeness (QED) is 0.320. The maximum Gasteiger partial charge on any atom is 0.306 e. The average molecular weight is 375 g/mol. The predicted molar refractivity (Wildman–Crippen MR) is 79.4 cm³/mol. The van der Waals surface area contributed by atoms with Gasteiger partial charge in [-0.15, -0.1) is 0 Å². The van der Waals surface area contributed by atoms with E-state index in [0.717, 1.165) is 17.4 Å². The van der Waals surface area contributed by atoms with E-state index in [1.807, 2.05) is 0 Å². The Morgan fingerprint density at radius 1 is 0.870 bits per heavy atom. The Balaban J connectivity index is 4.57. The molecule has 0 fully saturated rings. The molecule has 0 N–H and O–H groups in total. The standard InChI is InChI=1S/C11H21NO9S2/c1-19-11(14)5-4-10(13)12(6-8-20-22(2,15)16)7-9-21-23(3,17)18/h4-9H2,1-3H3. The zero-order valence-electron chi connectivity index (χ0n) is 13.2. The summed E-state index contributed by atoms with van der Waals surface area (Å²) in [6.45, 7) is -0.774. The summed E-state index contributed by atoms with van der Waals surface area (Å²) in [6.07, 6.45) is 1.42. The van der Waals surface area contributed by atoms with Crippen LogP contribution in [-0.4, -0.2) is 79.5 Å². The van der Waals surface area contributed by atoms with Crippen LogP contribution in [0.3, 0.4) is 0 Å². The van der Waals surface area contributed by atoms with Crippen molar-refractivity contribution in [3.05, 3.63) is 0 Å². The van der Waals surface area contributed by atoms with E-state index in [1.165, 1.54) is 7.11 Å². The third-order valence-corrected chi connectivity index (χ3v) is 3.63. The molecule has 0 unspecified atom stereocenters. The van der Waals surface area contributed by atoms with Gasteiger partial charge in [0.2, 0.25) is 5.91 Å². The van der Waals surface area contributed by atoms with Gasteiger partial charge in [0.1, 0.15) is 0 Å². The summed E-state index contributed by atoms with van der Waals surface area (Å²) in [4.78, 5) is 24.2. The highest BCUT2D eigenvalue weighted by atomic mass is 32.2. The number of hydrogen-bond donors (Lipinski definition) is 0. The molecule has 0 aliphatic carbocycles. The summed E-state index contributed by atoms with van der Waals surface area (Å²) < 4.78 is 57.0. The molecule has 0 saturated heterocycles. The van der Waals surface area contributed by atoms with E-state index in [0.29, 0.717) is 0 Å². The fraction of sp³-hybridized carbons (Fsp3) is 0.818. The molecule has 136 valence electrons. The molecule has 23 heavy (non-hydrogen) atoms. The molecule has 0 heterocycles. The van der Waals surface area contributed by atoms with E-state index >= 15 is 0 Å². The number of hydrogen-bond acceptors (Lipinski definition) is 9. The number of amides is 1. The summed E-state index contributed by atoms with van der Waals surface area (Å²) in [5, 5.41) is 0. The number of methoxy groups -OCH3 is 1. The molecule has 0 saturated carbocycles. The second-order valence-electron chi connectivity index (χ2n) is 4.51. The van der Waals surface area contributed by atoms with Crippen LogP contribution in [-0.2, 0) is 42.9 Å². The zero-order valence-corrected chi connectivity index (χ0v) is 14.8. The summed E-state index contributed by atoms with van der Waals surface area (Å²) >= 11 is 0. The number of nitrogens with zero attached hydrogens (tertiary/aromatic N) is 1. The van der Waals surface area contributed by atoms with Gasteiger partial charge in [-0.2, -0.15) is 16.8 Å². The van der Waals surface area contributed by atoms with Gasteiger partial charge in [0, 0.05) is 19.5 Å². The van der Waals surface area contributed by atoms with Crippen molar-refractivity contribution in [3.8, 4) is 0 Å². The maximum absolute atomic E-state index is 12.0. The van der Waals surface area contributed by atoms with E-state index < -0.39 is 32.1 Å². The fourth-order valence-electron chi connectivity index (χ4n) is 1.43. The number of esters is 1. The molecule has 0 atom stereocenters. The Hall–Kier alpha value is -1.24. The van der Waals surface area contributed by atoms with Gasteiger partial charge in [0.25, 0.3) is 20.2 Å². The van der Waals surface area contributed by atoms with Gasteiger partial charge >= 0.3 is 5.97 Å². The highest BCUT2D eigenvalue weighted by Gasteiger charge is 2.17. The lowest BCUT2D eigenvalue weighted by molar-refractivity contribution is -0.143. The highest BCUT2D eigenvalue weighted by molar-refractivity contribution is 7.86. The van der Waals surface area contributed by atoms with Crippen LogP contribution in [0.4, 0.5) is 0 Å². The molecule has 0 spiro atoms. The molecular formula is C11H21NO9S2. The first kappa shape index (κ1) is 21.8. The van der Waals surface area contributed by atoms with Gasteiger partial charge in [0.05, 0.1) is 39.3 Å². The maximum atomic E-state index is 12.0. The smallest absolute Gasteiger partial charge is 0.306 e. The minimum atomic E-state index is -3.66. The Morgan fingerprint density at radius 3 is 1.65 bits per heavy atom. The van der Waals surface area contributed by atoms with Gasteiger partial charge in [0.15, 0.2) is 0 Å². The molecule has 0 aliphatic heterocycles. The molecule has 0 radical (unpaired) electrons. The first-order valence-electron chi connectivity index (χ1n) is 6.48. The van der Waals surface area contributed by atoms with E-state index in [-0.39, 0.29) is 39.1 Å². The third-order valence-electron chi connectivity index (χ3n) is 2.44. The average Bonchev–Trinajstić information content (AvgIpc) is 2.40. The highest BCUT2D eigenvalue weighted by Crippen LogP contribution is 2.02. The van der Waals surface area contributed by atoms with Gasteiger partial charge in [-0.05, 0) is 0 Å². The Bertz CT molecular complexity index is 559. The van der Waals surface area contributed by atoms with Crippen LogP contribution in [0.2, 0.25) is 0 Å². The minimum Gasteiger partial charge on any atom is -0.469 e. The van der Waals surface area contributed by atoms with Crippen molar-refractivity contribution >= 4 is 32.1 Å². The van der Waals surface area contributed by atoms with Crippen LogP contribution in [0.15, 0.2) is 0 Å². The van der Waals surface area contributed by atoms with Crippen LogP contribution < -0.4 is 0 Å². The van der Waals surface area contributed by atoms with Crippen LogP contribution in [0.1, 0.15) is 12.8 Å². The second kappa shape index (κ2) is 9.80. The number of ether oxygens (including phenoxy) is 1. The van der Waals surface area contributed by atoms with Crippen LogP contribution >= 0.6 is 0 Å². The number of rotatable bonds is 11. The normalized spacial score (nSPS) is 12.0. The lowest BCUT2D eigenvalue weighted by Gasteiger charge is -2.22. The Morgan fingerprint density at radius 2 is 1.30 bits per heavy atom. The fourth-order valence-corrected chi connectivity index (χ4v) is 2.18. The predicted octanol–water partition coefficient (Wildman–Crippen LogP) is -1.28. The SMILES string of the molecule is COC(=O)CCC(=O)N(CCOS(C)(=O)=O)CCOS(C)(=O)=O. The van der Waals surface area contributed by atoms with Crippen LogP contribution in [0.5, 0.6) is 0 Å². The van der Waals surface area contributed by atoms with Crippen molar-refractivity contribution in [1.29, 1.82) is 0 Å². The Labute approximate surface area is 135 Å². The number of carbonyl (C=O) groups excluding carboxylic acids is 2. The molecule has 0 rings (SSSR count). The van der Waals surface area contributed by atoms with E-state index in [1.54, 1.807) is 0 Å². The molecule has 0 aromatic rings. The molecular weight excluding hydrogens is 354 g/mol. The van der Waals surface area contributed by atoms with Crippen LogP contribution in [0.25, 0.3) is 0 Å². The molecule has 12 heteroatoms. The summed E-state index contributed by atoms with van der Waals surface area (Å²) in [5.74, 6) is -1.05. The molecule has 1 amide bonds. The summed E-state index contributed by atoms with van der Waals surface area (Å²) in [7, 11) is -6.13. The monoisotopic (exact) mass is 375 g/mol. The van der Waals surface area contributed by atoms with Gasteiger partial charge in [-0.25, -0.2) is 0 Å². The summed E-state index contributed by atoms with van der Waals surface area (Å²) in [6, 6.07) is 0. The van der Waals surface area contributed by atoms with Crippen molar-refractivity contribution in [3.63, 3.8) is 0 Å². The Kier molecular flexibility index (Phi) is 9.27. The molecule has 0 aliphatic rings. The van der Waals surface area contributed by atoms with Crippen molar-refractivity contribution in [2.75, 3.05) is 45.9 Å². The van der Waals surface area contributed by atoms with E-state index in [4.69, 9.17) is 0 Å². The zero-order chi connectivity index (χ0) is 18.1. The minimum absolute atomic E-state index is 0.0970. The molecule has 0 aromatic carbocycles. The van der Waals surface area contributed by atoms with E-state index in [2.05, 4.69) is 13.1 Å². The first-order valence-corrected chi connectivity index (χ1v) is 10.1. The van der Waals surface area contributed by atoms with Crippen molar-refractivity contribution in [2.24, 2.45) is 0 Å². The lowest BCUT2D eigenvalue weighted by atomic mass is 10.2. The number of carbonyl (C=O) groups is 2. The van der Waals surface area contributed by atoms with Crippen LogP contribution in [0, 0.1) is 0 Å². The van der Waals surface area contributed by atoms with Gasteiger partial charge in [-0.3, -0.25) is 18.0 Å². The molecule has 0 aromatic heterocycles. The summed E-state index contributed by atoms with van der Waals surface area (Å²) in [5.41, 5.74) is 0. The first-order chi connectivity index (χ1) is 10.4. The lowest BCUT2D eigenvalue weighted by Crippen LogP contribution is -2.37. The van der Waals surface area contributed by atoms with E-state index in [9.17, 15) is 26.4 Å². The largest absolute Gasteiger partial charge is 0.469 e. The molecule has 10 nitrogen and oxygen atoms in total. The van der Waals surface area contributed by atoms with Crippen molar-refractivity contribution in [2.45, 2.75) is 12.8 Å². The van der Waals surface area contributed by atoms with Gasteiger partial charge in [-0.1, -0.05) is 0 Å². The topological polar surface area (TPSA) is 133 Å². The van der Waals surface area contributed by atoms with Gasteiger partial charge < -0.3 is 9.64 Å². The third kappa shape index (κ3) is 12.9. The second-order valence-corrected chi connectivity index (χ2v) is 7.80.